The monoisotopic (exact) mass is 193 g/mol. The highest BCUT2D eigenvalue weighted by atomic mass is 32.1. The fraction of sp³-hybridized carbons (Fsp3) is 0.364. The van der Waals surface area contributed by atoms with Gasteiger partial charge < -0.3 is 5.32 Å². The summed E-state index contributed by atoms with van der Waals surface area (Å²) in [6.07, 6.45) is 0. The summed E-state index contributed by atoms with van der Waals surface area (Å²) in [7, 11) is 0. The molecule has 1 rings (SSSR count). The Hall–Kier alpha value is -0.890. The number of thiocarbonyl (C=S) groups is 1. The Morgan fingerprint density at radius 2 is 1.77 bits per heavy atom. The standard InChI is InChI=1S/C11H15NS/c1-8(2)12-11(13)10-6-4-9(3)5-7-10/h4-8H,1-3H3,(H,12,13). The van der Waals surface area contributed by atoms with E-state index in [0.29, 0.717) is 6.04 Å². The number of aryl methyl sites for hydroxylation is 1. The Morgan fingerprint density at radius 1 is 1.23 bits per heavy atom. The van der Waals surface area contributed by atoms with Gasteiger partial charge in [0, 0.05) is 11.6 Å². The summed E-state index contributed by atoms with van der Waals surface area (Å²) in [5, 5.41) is 3.21. The Balaban J connectivity index is 2.72. The number of hydrogen-bond acceptors (Lipinski definition) is 1. The third kappa shape index (κ3) is 3.15. The lowest BCUT2D eigenvalue weighted by molar-refractivity contribution is 0.740. The van der Waals surface area contributed by atoms with Crippen LogP contribution in [0.5, 0.6) is 0 Å². The fourth-order valence-corrected chi connectivity index (χ4v) is 1.42. The third-order valence-electron chi connectivity index (χ3n) is 1.73. The first kappa shape index (κ1) is 10.2. The SMILES string of the molecule is Cc1ccc(C(=S)NC(C)C)cc1. The van der Waals surface area contributed by atoms with E-state index in [1.807, 2.05) is 12.1 Å². The van der Waals surface area contributed by atoms with Crippen LogP contribution in [0.1, 0.15) is 25.0 Å². The summed E-state index contributed by atoms with van der Waals surface area (Å²) in [4.78, 5) is 0.829. The largest absolute Gasteiger partial charge is 0.374 e. The van der Waals surface area contributed by atoms with Gasteiger partial charge in [0.2, 0.25) is 0 Å². The van der Waals surface area contributed by atoms with Gasteiger partial charge in [0.1, 0.15) is 4.99 Å². The Morgan fingerprint density at radius 3 is 2.23 bits per heavy atom. The van der Waals surface area contributed by atoms with Crippen molar-refractivity contribution < 1.29 is 0 Å². The van der Waals surface area contributed by atoms with E-state index in [4.69, 9.17) is 12.2 Å². The second-order valence-electron chi connectivity index (χ2n) is 3.49. The van der Waals surface area contributed by atoms with Crippen LogP contribution in [0, 0.1) is 6.92 Å². The molecule has 0 aliphatic rings. The highest BCUT2D eigenvalue weighted by Crippen LogP contribution is 2.03. The summed E-state index contributed by atoms with van der Waals surface area (Å²) >= 11 is 5.23. The molecule has 0 spiro atoms. The first-order valence-corrected chi connectivity index (χ1v) is 4.88. The van der Waals surface area contributed by atoms with Crippen LogP contribution in [-0.4, -0.2) is 11.0 Å². The van der Waals surface area contributed by atoms with Crippen LogP contribution < -0.4 is 5.32 Å². The predicted molar refractivity (Wildman–Crippen MR) is 61.2 cm³/mol. The van der Waals surface area contributed by atoms with Crippen molar-refractivity contribution in [3.8, 4) is 0 Å². The van der Waals surface area contributed by atoms with Gasteiger partial charge in [-0.1, -0.05) is 42.0 Å². The van der Waals surface area contributed by atoms with Crippen molar-refractivity contribution in [3.05, 3.63) is 35.4 Å². The number of hydrogen-bond donors (Lipinski definition) is 1. The van der Waals surface area contributed by atoms with Crippen molar-refractivity contribution in [1.82, 2.24) is 5.32 Å². The zero-order chi connectivity index (χ0) is 9.84. The molecular weight excluding hydrogens is 178 g/mol. The Bertz CT molecular complexity index is 287. The molecule has 1 nitrogen and oxygen atoms in total. The molecule has 1 N–H and O–H groups in total. The van der Waals surface area contributed by atoms with Crippen molar-refractivity contribution in [3.63, 3.8) is 0 Å². The first-order valence-electron chi connectivity index (χ1n) is 4.47. The lowest BCUT2D eigenvalue weighted by atomic mass is 10.1. The van der Waals surface area contributed by atoms with E-state index >= 15 is 0 Å². The quantitative estimate of drug-likeness (QED) is 0.725. The summed E-state index contributed by atoms with van der Waals surface area (Å²) in [5.74, 6) is 0. The topological polar surface area (TPSA) is 12.0 Å². The molecule has 0 unspecified atom stereocenters. The molecule has 0 heterocycles. The minimum atomic E-state index is 0.397. The molecule has 1 aromatic carbocycles. The number of nitrogens with one attached hydrogen (secondary N) is 1. The van der Waals surface area contributed by atoms with Crippen molar-refractivity contribution >= 4 is 17.2 Å². The van der Waals surface area contributed by atoms with Crippen molar-refractivity contribution in [1.29, 1.82) is 0 Å². The summed E-state index contributed by atoms with van der Waals surface area (Å²) < 4.78 is 0. The molecule has 0 bridgehead atoms. The molecule has 0 atom stereocenters. The second kappa shape index (κ2) is 4.38. The maximum Gasteiger partial charge on any atom is 0.106 e. The average Bonchev–Trinajstić information content (AvgIpc) is 2.04. The van der Waals surface area contributed by atoms with Gasteiger partial charge in [-0.15, -0.1) is 0 Å². The molecular formula is C11H15NS. The van der Waals surface area contributed by atoms with Crippen LogP contribution in [0.4, 0.5) is 0 Å². The molecule has 70 valence electrons. The molecule has 0 saturated carbocycles. The molecule has 0 radical (unpaired) electrons. The maximum atomic E-state index is 5.23. The third-order valence-corrected chi connectivity index (χ3v) is 2.09. The summed E-state index contributed by atoms with van der Waals surface area (Å²) in [5.41, 5.74) is 2.35. The Labute approximate surface area is 85.2 Å². The van der Waals surface area contributed by atoms with Crippen LogP contribution in [0.25, 0.3) is 0 Å². The van der Waals surface area contributed by atoms with Gasteiger partial charge in [0.25, 0.3) is 0 Å². The first-order chi connectivity index (χ1) is 6.09. The average molecular weight is 193 g/mol. The van der Waals surface area contributed by atoms with Crippen LogP contribution in [-0.2, 0) is 0 Å². The van der Waals surface area contributed by atoms with Crippen molar-refractivity contribution in [2.24, 2.45) is 0 Å². The fourth-order valence-electron chi connectivity index (χ4n) is 1.05. The van der Waals surface area contributed by atoms with Crippen LogP contribution in [0.3, 0.4) is 0 Å². The van der Waals surface area contributed by atoms with Gasteiger partial charge >= 0.3 is 0 Å². The second-order valence-corrected chi connectivity index (χ2v) is 3.90. The lowest BCUT2D eigenvalue weighted by Crippen LogP contribution is -2.29. The van der Waals surface area contributed by atoms with E-state index in [1.165, 1.54) is 5.56 Å². The molecule has 0 amide bonds. The van der Waals surface area contributed by atoms with E-state index in [9.17, 15) is 0 Å². The highest BCUT2D eigenvalue weighted by Gasteiger charge is 2.00. The van der Waals surface area contributed by atoms with E-state index in [-0.39, 0.29) is 0 Å². The zero-order valence-electron chi connectivity index (χ0n) is 8.29. The van der Waals surface area contributed by atoms with Gasteiger partial charge in [-0.3, -0.25) is 0 Å². The molecule has 0 aliphatic heterocycles. The molecule has 0 aromatic heterocycles. The molecule has 13 heavy (non-hydrogen) atoms. The van der Waals surface area contributed by atoms with Gasteiger partial charge in [-0.05, 0) is 20.8 Å². The number of rotatable bonds is 2. The molecule has 1 aromatic rings. The minimum absolute atomic E-state index is 0.397. The minimum Gasteiger partial charge on any atom is -0.374 e. The van der Waals surface area contributed by atoms with E-state index in [2.05, 4.69) is 38.2 Å². The van der Waals surface area contributed by atoms with Gasteiger partial charge in [0.05, 0.1) is 0 Å². The van der Waals surface area contributed by atoms with Gasteiger partial charge in [-0.2, -0.15) is 0 Å². The van der Waals surface area contributed by atoms with Gasteiger partial charge in [-0.25, -0.2) is 0 Å². The predicted octanol–water partition coefficient (Wildman–Crippen LogP) is 2.67. The lowest BCUT2D eigenvalue weighted by Gasteiger charge is -2.10. The van der Waals surface area contributed by atoms with Crippen LogP contribution in [0.2, 0.25) is 0 Å². The van der Waals surface area contributed by atoms with E-state index < -0.39 is 0 Å². The van der Waals surface area contributed by atoms with Crippen molar-refractivity contribution in [2.45, 2.75) is 26.8 Å². The Kier molecular flexibility index (Phi) is 3.43. The zero-order valence-corrected chi connectivity index (χ0v) is 9.11. The van der Waals surface area contributed by atoms with E-state index in [0.717, 1.165) is 10.6 Å². The molecule has 0 aliphatic carbocycles. The molecule has 2 heteroatoms. The normalized spacial score (nSPS) is 10.2. The van der Waals surface area contributed by atoms with Crippen molar-refractivity contribution in [2.75, 3.05) is 0 Å². The van der Waals surface area contributed by atoms with Crippen LogP contribution >= 0.6 is 12.2 Å². The highest BCUT2D eigenvalue weighted by molar-refractivity contribution is 7.80. The summed E-state index contributed by atoms with van der Waals surface area (Å²) in [6.45, 7) is 6.24. The number of benzene rings is 1. The van der Waals surface area contributed by atoms with Gasteiger partial charge in [0.15, 0.2) is 0 Å². The molecule has 0 saturated heterocycles. The maximum absolute atomic E-state index is 5.23. The smallest absolute Gasteiger partial charge is 0.106 e. The summed E-state index contributed by atoms with van der Waals surface area (Å²) in [6, 6.07) is 8.64. The van der Waals surface area contributed by atoms with E-state index in [1.54, 1.807) is 0 Å². The molecule has 0 fully saturated rings. The van der Waals surface area contributed by atoms with Crippen LogP contribution in [0.15, 0.2) is 24.3 Å².